The van der Waals surface area contributed by atoms with E-state index in [4.69, 9.17) is 0 Å². The highest BCUT2D eigenvalue weighted by molar-refractivity contribution is 6.06. The largest absolute Gasteiger partial charge is 0.322 e. The van der Waals surface area contributed by atoms with Crippen LogP contribution in [0.1, 0.15) is 24.2 Å². The molecule has 1 amide bonds. The summed E-state index contributed by atoms with van der Waals surface area (Å²) in [7, 11) is 0. The van der Waals surface area contributed by atoms with Gasteiger partial charge in [-0.1, -0.05) is 18.2 Å². The second kappa shape index (κ2) is 5.10. The fraction of sp³-hybridized carbons (Fsp3) is 0.167. The number of carbonyl (C=O) groups excluding carboxylic acids is 2. The van der Waals surface area contributed by atoms with E-state index in [1.807, 2.05) is 0 Å². The highest BCUT2D eigenvalue weighted by atomic mass is 16.1. The van der Waals surface area contributed by atoms with Crippen LogP contribution in [0.3, 0.4) is 0 Å². The van der Waals surface area contributed by atoms with Gasteiger partial charge in [0, 0.05) is 5.56 Å². The molecule has 3 heteroatoms. The molecule has 0 spiro atoms. The number of para-hydroxylation sites is 1. The van der Waals surface area contributed by atoms with Gasteiger partial charge in [0.25, 0.3) is 0 Å². The van der Waals surface area contributed by atoms with E-state index in [2.05, 4.69) is 5.32 Å². The summed E-state index contributed by atoms with van der Waals surface area (Å²) in [5.41, 5.74) is 1.07. The Morgan fingerprint density at radius 3 is 2.53 bits per heavy atom. The molecular formula is C12H13NO2. The molecule has 0 heterocycles. The van der Waals surface area contributed by atoms with Gasteiger partial charge in [-0.25, -0.2) is 0 Å². The van der Waals surface area contributed by atoms with Crippen molar-refractivity contribution in [1.82, 2.24) is 0 Å². The van der Waals surface area contributed by atoms with Gasteiger partial charge in [-0.3, -0.25) is 9.59 Å². The van der Waals surface area contributed by atoms with Gasteiger partial charge in [-0.15, -0.1) is 0 Å². The van der Waals surface area contributed by atoms with E-state index >= 15 is 0 Å². The summed E-state index contributed by atoms with van der Waals surface area (Å²) in [6.07, 6.45) is 3.06. The average molecular weight is 203 g/mol. The summed E-state index contributed by atoms with van der Waals surface area (Å²) in [6.45, 7) is 3.23. The Hall–Kier alpha value is -1.90. The quantitative estimate of drug-likeness (QED) is 0.605. The summed E-state index contributed by atoms with van der Waals surface area (Å²) < 4.78 is 0. The number of allylic oxidation sites excluding steroid dienone is 1. The molecular weight excluding hydrogens is 190 g/mol. The van der Waals surface area contributed by atoms with Gasteiger partial charge >= 0.3 is 0 Å². The van der Waals surface area contributed by atoms with Crippen molar-refractivity contribution in [3.63, 3.8) is 0 Å². The molecule has 3 nitrogen and oxygen atoms in total. The topological polar surface area (TPSA) is 46.2 Å². The Kier molecular flexibility index (Phi) is 3.80. The first-order chi connectivity index (χ1) is 7.15. The Bertz CT molecular complexity index is 408. The van der Waals surface area contributed by atoms with Crippen LogP contribution in [-0.2, 0) is 4.79 Å². The number of ketones is 1. The van der Waals surface area contributed by atoms with Crippen molar-refractivity contribution >= 4 is 17.4 Å². The molecule has 0 unspecified atom stereocenters. The zero-order valence-electron chi connectivity index (χ0n) is 8.78. The molecule has 0 radical (unpaired) electrons. The van der Waals surface area contributed by atoms with E-state index in [0.717, 1.165) is 0 Å². The van der Waals surface area contributed by atoms with Gasteiger partial charge in [0.1, 0.15) is 0 Å². The Balaban J connectivity index is 2.94. The molecule has 0 atom stereocenters. The van der Waals surface area contributed by atoms with E-state index in [0.29, 0.717) is 11.3 Å². The molecule has 1 aromatic rings. The molecule has 15 heavy (non-hydrogen) atoms. The summed E-state index contributed by atoms with van der Waals surface area (Å²) in [5.74, 6) is -0.294. The number of anilines is 1. The lowest BCUT2D eigenvalue weighted by Gasteiger charge is -2.06. The van der Waals surface area contributed by atoms with Crippen LogP contribution in [0.4, 0.5) is 5.69 Å². The Morgan fingerprint density at radius 2 is 1.93 bits per heavy atom. The van der Waals surface area contributed by atoms with Crippen LogP contribution >= 0.6 is 0 Å². The number of amides is 1. The molecule has 78 valence electrons. The maximum atomic E-state index is 11.3. The Morgan fingerprint density at radius 1 is 1.27 bits per heavy atom. The lowest BCUT2D eigenvalue weighted by molar-refractivity contribution is -0.111. The van der Waals surface area contributed by atoms with Gasteiger partial charge in [0.15, 0.2) is 5.78 Å². The normalized spacial score (nSPS) is 10.3. The van der Waals surface area contributed by atoms with Crippen LogP contribution in [0.5, 0.6) is 0 Å². The van der Waals surface area contributed by atoms with Gasteiger partial charge in [0.2, 0.25) is 5.91 Å². The van der Waals surface area contributed by atoms with Crippen molar-refractivity contribution in [3.05, 3.63) is 42.0 Å². The van der Waals surface area contributed by atoms with Gasteiger partial charge in [-0.2, -0.15) is 0 Å². The van der Waals surface area contributed by atoms with E-state index in [9.17, 15) is 9.59 Å². The molecule has 0 aromatic heterocycles. The van der Waals surface area contributed by atoms with Crippen LogP contribution in [-0.4, -0.2) is 11.7 Å². The summed E-state index contributed by atoms with van der Waals surface area (Å²) in [6, 6.07) is 6.94. The van der Waals surface area contributed by atoms with Gasteiger partial charge in [0.05, 0.1) is 5.69 Å². The molecule has 0 saturated heterocycles. The average Bonchev–Trinajstić information content (AvgIpc) is 2.18. The minimum absolute atomic E-state index is 0.0635. The van der Waals surface area contributed by atoms with E-state index < -0.39 is 0 Å². The SMILES string of the molecule is C/C=C/C(=O)Nc1ccccc1C(C)=O. The standard InChI is InChI=1S/C12H13NO2/c1-3-6-12(15)13-11-8-5-4-7-10(11)9(2)14/h3-8H,1-2H3,(H,13,15)/b6-3+. The molecule has 1 rings (SSSR count). The second-order valence-corrected chi connectivity index (χ2v) is 3.09. The van der Waals surface area contributed by atoms with Crippen LogP contribution in [0.15, 0.2) is 36.4 Å². The van der Waals surface area contributed by atoms with Crippen LogP contribution in [0.2, 0.25) is 0 Å². The van der Waals surface area contributed by atoms with Crippen LogP contribution < -0.4 is 5.32 Å². The minimum Gasteiger partial charge on any atom is -0.322 e. The van der Waals surface area contributed by atoms with Crippen molar-refractivity contribution in [2.45, 2.75) is 13.8 Å². The maximum absolute atomic E-state index is 11.3. The number of benzene rings is 1. The fourth-order valence-electron chi connectivity index (χ4n) is 1.22. The third-order valence-electron chi connectivity index (χ3n) is 1.88. The summed E-state index contributed by atoms with van der Waals surface area (Å²) in [5, 5.41) is 2.65. The molecule has 0 aliphatic rings. The number of hydrogen-bond donors (Lipinski definition) is 1. The predicted octanol–water partition coefficient (Wildman–Crippen LogP) is 2.40. The molecule has 1 N–H and O–H groups in total. The lowest BCUT2D eigenvalue weighted by atomic mass is 10.1. The Labute approximate surface area is 88.8 Å². The monoisotopic (exact) mass is 203 g/mol. The van der Waals surface area contributed by atoms with Crippen molar-refractivity contribution in [2.24, 2.45) is 0 Å². The molecule has 0 saturated carbocycles. The number of Topliss-reactive ketones (excluding diaryl/α,β-unsaturated/α-hetero) is 1. The zero-order valence-corrected chi connectivity index (χ0v) is 8.78. The van der Waals surface area contributed by atoms with Crippen molar-refractivity contribution in [3.8, 4) is 0 Å². The number of nitrogens with one attached hydrogen (secondary N) is 1. The third-order valence-corrected chi connectivity index (χ3v) is 1.88. The van der Waals surface area contributed by atoms with Crippen molar-refractivity contribution in [1.29, 1.82) is 0 Å². The van der Waals surface area contributed by atoms with Gasteiger partial charge in [-0.05, 0) is 32.1 Å². The van der Waals surface area contributed by atoms with E-state index in [1.165, 1.54) is 13.0 Å². The highest BCUT2D eigenvalue weighted by Gasteiger charge is 2.07. The first kappa shape index (κ1) is 11.2. The third kappa shape index (κ3) is 3.06. The first-order valence-corrected chi connectivity index (χ1v) is 4.68. The zero-order chi connectivity index (χ0) is 11.3. The number of rotatable bonds is 3. The maximum Gasteiger partial charge on any atom is 0.248 e. The van der Waals surface area contributed by atoms with Crippen LogP contribution in [0.25, 0.3) is 0 Å². The molecule has 0 aliphatic heterocycles. The summed E-state index contributed by atoms with van der Waals surface area (Å²) >= 11 is 0. The van der Waals surface area contributed by atoms with Crippen LogP contribution in [0, 0.1) is 0 Å². The smallest absolute Gasteiger partial charge is 0.248 e. The minimum atomic E-state index is -0.230. The first-order valence-electron chi connectivity index (χ1n) is 4.68. The lowest BCUT2D eigenvalue weighted by Crippen LogP contribution is -2.10. The molecule has 0 fully saturated rings. The fourth-order valence-corrected chi connectivity index (χ4v) is 1.22. The van der Waals surface area contributed by atoms with E-state index in [1.54, 1.807) is 37.3 Å². The van der Waals surface area contributed by atoms with Crippen molar-refractivity contribution in [2.75, 3.05) is 5.32 Å². The highest BCUT2D eigenvalue weighted by Crippen LogP contribution is 2.15. The van der Waals surface area contributed by atoms with Gasteiger partial charge < -0.3 is 5.32 Å². The number of hydrogen-bond acceptors (Lipinski definition) is 2. The van der Waals surface area contributed by atoms with Crippen molar-refractivity contribution < 1.29 is 9.59 Å². The van der Waals surface area contributed by atoms with E-state index in [-0.39, 0.29) is 11.7 Å². The molecule has 1 aromatic carbocycles. The molecule has 0 aliphatic carbocycles. The predicted molar refractivity (Wildman–Crippen MR) is 59.9 cm³/mol. The molecule has 0 bridgehead atoms. The summed E-state index contributed by atoms with van der Waals surface area (Å²) in [4.78, 5) is 22.5. The number of carbonyl (C=O) groups is 2. The second-order valence-electron chi connectivity index (χ2n) is 3.09.